The van der Waals surface area contributed by atoms with Gasteiger partial charge in [-0.05, 0) is 24.0 Å². The average molecular weight is 450 g/mol. The van der Waals surface area contributed by atoms with Crippen LogP contribution in [0.4, 0.5) is 10.3 Å². The molecule has 2 N–H and O–H groups in total. The topological polar surface area (TPSA) is 115 Å². The maximum absolute atomic E-state index is 12.4. The Bertz CT molecular complexity index is 1050. The number of nitrogens with zero attached hydrogens (tertiary/aromatic N) is 3. The van der Waals surface area contributed by atoms with E-state index in [1.165, 1.54) is 22.7 Å². The van der Waals surface area contributed by atoms with Gasteiger partial charge in [0.15, 0.2) is 21.0 Å². The zero-order valence-electron chi connectivity index (χ0n) is 15.1. The number of benzene rings is 1. The molecule has 0 spiro atoms. The molecule has 0 saturated carbocycles. The minimum Gasteiger partial charge on any atom is -0.454 e. The van der Waals surface area contributed by atoms with Crippen LogP contribution in [-0.4, -0.2) is 39.5 Å². The Kier molecular flexibility index (Phi) is 5.92. The molecule has 1 aliphatic heterocycles. The maximum Gasteiger partial charge on any atom is 0.257 e. The Morgan fingerprint density at radius 3 is 2.90 bits per heavy atom. The first-order chi connectivity index (χ1) is 14.1. The van der Waals surface area contributed by atoms with Crippen LogP contribution in [0.1, 0.15) is 23.0 Å². The highest BCUT2D eigenvalue weighted by atomic mass is 32.2. The lowest BCUT2D eigenvalue weighted by molar-refractivity contribution is -0.115. The second kappa shape index (κ2) is 8.76. The van der Waals surface area contributed by atoms with Gasteiger partial charge in [-0.15, -0.1) is 21.5 Å². The zero-order valence-corrected chi connectivity index (χ0v) is 17.6. The molecule has 0 saturated heterocycles. The first-order valence-corrected chi connectivity index (χ1v) is 11.2. The summed E-state index contributed by atoms with van der Waals surface area (Å²) >= 11 is 4.15. The number of rotatable bonds is 7. The van der Waals surface area contributed by atoms with Crippen LogP contribution in [0, 0.1) is 0 Å². The number of hydrogen-bond acceptors (Lipinski definition) is 10. The Labute approximate surface area is 177 Å². The molecular formula is C17H15N5O4S3. The number of anilines is 2. The highest BCUT2D eigenvalue weighted by molar-refractivity contribution is 8.01. The first kappa shape index (κ1) is 19.6. The van der Waals surface area contributed by atoms with Crippen molar-refractivity contribution in [2.24, 2.45) is 0 Å². The predicted octanol–water partition coefficient (Wildman–Crippen LogP) is 3.27. The molecule has 1 aromatic carbocycles. The van der Waals surface area contributed by atoms with Gasteiger partial charge in [-0.3, -0.25) is 14.9 Å². The van der Waals surface area contributed by atoms with E-state index in [0.29, 0.717) is 33.0 Å². The van der Waals surface area contributed by atoms with E-state index in [0.717, 1.165) is 10.1 Å². The van der Waals surface area contributed by atoms with Crippen LogP contribution in [0.25, 0.3) is 0 Å². The normalized spacial score (nSPS) is 12.0. The Morgan fingerprint density at radius 2 is 2.03 bits per heavy atom. The molecule has 0 unspecified atom stereocenters. The molecule has 0 radical (unpaired) electrons. The van der Waals surface area contributed by atoms with Gasteiger partial charge in [0.05, 0.1) is 12.1 Å². The number of amides is 2. The van der Waals surface area contributed by atoms with Crippen molar-refractivity contribution < 1.29 is 19.1 Å². The number of ether oxygens (including phenoxy) is 2. The SMILES string of the molecule is CCSc1nnc(NC(=O)Cc2csc(NC(=O)c3ccc4c(c3)OCO4)n2)s1. The van der Waals surface area contributed by atoms with Crippen molar-refractivity contribution in [3.8, 4) is 11.5 Å². The number of thiazole rings is 1. The number of aromatic nitrogens is 3. The monoisotopic (exact) mass is 449 g/mol. The Hall–Kier alpha value is -2.70. The molecule has 0 aliphatic carbocycles. The third kappa shape index (κ3) is 4.83. The molecule has 0 atom stereocenters. The molecule has 29 heavy (non-hydrogen) atoms. The molecule has 2 amide bonds. The van der Waals surface area contributed by atoms with E-state index in [4.69, 9.17) is 9.47 Å². The standard InChI is InChI=1S/C17H15N5O4S3/c1-2-27-17-22-21-16(29-17)19-13(23)6-10-7-28-15(18-10)20-14(24)9-3-4-11-12(5-9)26-8-25-11/h3-5,7H,2,6,8H2,1H3,(H,18,20,24)(H,19,21,23). The van der Waals surface area contributed by atoms with Crippen LogP contribution in [-0.2, 0) is 11.2 Å². The minimum atomic E-state index is -0.316. The number of nitrogens with one attached hydrogen (secondary N) is 2. The molecular weight excluding hydrogens is 434 g/mol. The van der Waals surface area contributed by atoms with Crippen molar-refractivity contribution in [2.75, 3.05) is 23.2 Å². The van der Waals surface area contributed by atoms with Gasteiger partial charge in [-0.1, -0.05) is 30.0 Å². The van der Waals surface area contributed by atoms with E-state index in [1.807, 2.05) is 6.92 Å². The van der Waals surface area contributed by atoms with Crippen LogP contribution < -0.4 is 20.1 Å². The molecule has 2 aromatic heterocycles. The van der Waals surface area contributed by atoms with Crippen molar-refractivity contribution in [1.29, 1.82) is 0 Å². The van der Waals surface area contributed by atoms with Crippen LogP contribution in [0.15, 0.2) is 27.9 Å². The van der Waals surface area contributed by atoms with Crippen LogP contribution in [0.3, 0.4) is 0 Å². The maximum atomic E-state index is 12.4. The van der Waals surface area contributed by atoms with E-state index < -0.39 is 0 Å². The lowest BCUT2D eigenvalue weighted by Crippen LogP contribution is -2.15. The third-order valence-electron chi connectivity index (χ3n) is 3.67. The van der Waals surface area contributed by atoms with E-state index >= 15 is 0 Å². The molecule has 4 rings (SSSR count). The van der Waals surface area contributed by atoms with Gasteiger partial charge in [0.1, 0.15) is 0 Å². The fourth-order valence-electron chi connectivity index (χ4n) is 2.42. The largest absolute Gasteiger partial charge is 0.454 e. The fraction of sp³-hybridized carbons (Fsp3) is 0.235. The summed E-state index contributed by atoms with van der Waals surface area (Å²) in [4.78, 5) is 28.9. The van der Waals surface area contributed by atoms with Gasteiger partial charge in [0.25, 0.3) is 5.91 Å². The van der Waals surface area contributed by atoms with E-state index in [2.05, 4.69) is 25.8 Å². The predicted molar refractivity (Wildman–Crippen MR) is 111 cm³/mol. The number of carbonyl (C=O) groups excluding carboxylic acids is 2. The van der Waals surface area contributed by atoms with E-state index in [1.54, 1.807) is 35.3 Å². The fourth-order valence-corrected chi connectivity index (χ4v) is 4.79. The highest BCUT2D eigenvalue weighted by Crippen LogP contribution is 2.32. The first-order valence-electron chi connectivity index (χ1n) is 8.52. The summed E-state index contributed by atoms with van der Waals surface area (Å²) in [5.74, 6) is 1.48. The minimum absolute atomic E-state index is 0.0756. The molecule has 150 valence electrons. The summed E-state index contributed by atoms with van der Waals surface area (Å²) in [7, 11) is 0. The van der Waals surface area contributed by atoms with Crippen LogP contribution in [0.2, 0.25) is 0 Å². The molecule has 12 heteroatoms. The lowest BCUT2D eigenvalue weighted by Gasteiger charge is -2.03. The van der Waals surface area contributed by atoms with Gasteiger partial charge in [0.2, 0.25) is 17.8 Å². The summed E-state index contributed by atoms with van der Waals surface area (Å²) < 4.78 is 11.3. The molecule has 0 fully saturated rings. The van der Waals surface area contributed by atoms with Crippen LogP contribution >= 0.6 is 34.4 Å². The number of thioether (sulfide) groups is 1. The van der Waals surface area contributed by atoms with Crippen LogP contribution in [0.5, 0.6) is 11.5 Å². The van der Waals surface area contributed by atoms with E-state index in [9.17, 15) is 9.59 Å². The van der Waals surface area contributed by atoms with Gasteiger partial charge in [0, 0.05) is 10.9 Å². The smallest absolute Gasteiger partial charge is 0.257 e. The number of carbonyl (C=O) groups is 2. The molecule has 3 heterocycles. The lowest BCUT2D eigenvalue weighted by atomic mass is 10.2. The van der Waals surface area contributed by atoms with Gasteiger partial charge in [-0.25, -0.2) is 4.98 Å². The van der Waals surface area contributed by atoms with Crippen molar-refractivity contribution in [1.82, 2.24) is 15.2 Å². The van der Waals surface area contributed by atoms with Gasteiger partial charge < -0.3 is 14.8 Å². The van der Waals surface area contributed by atoms with Crippen molar-refractivity contribution >= 4 is 56.5 Å². The second-order valence-electron chi connectivity index (χ2n) is 5.70. The highest BCUT2D eigenvalue weighted by Gasteiger charge is 2.17. The molecule has 1 aliphatic rings. The Balaban J connectivity index is 1.33. The molecule has 3 aromatic rings. The average Bonchev–Trinajstić information content (AvgIpc) is 3.43. The van der Waals surface area contributed by atoms with Gasteiger partial charge in [-0.2, -0.15) is 0 Å². The number of fused-ring (bicyclic) bond motifs is 1. The summed E-state index contributed by atoms with van der Waals surface area (Å²) in [6.07, 6.45) is 0.0756. The van der Waals surface area contributed by atoms with Gasteiger partial charge >= 0.3 is 0 Å². The summed E-state index contributed by atoms with van der Waals surface area (Å²) in [6.45, 7) is 2.17. The van der Waals surface area contributed by atoms with Crippen molar-refractivity contribution in [2.45, 2.75) is 17.7 Å². The quantitative estimate of drug-likeness (QED) is 0.417. The molecule has 0 bridgehead atoms. The van der Waals surface area contributed by atoms with E-state index in [-0.39, 0.29) is 25.0 Å². The summed E-state index contributed by atoms with van der Waals surface area (Å²) in [5.41, 5.74) is 0.988. The Morgan fingerprint density at radius 1 is 1.17 bits per heavy atom. The summed E-state index contributed by atoms with van der Waals surface area (Å²) in [6, 6.07) is 4.96. The number of hydrogen-bond donors (Lipinski definition) is 2. The third-order valence-corrected chi connectivity index (χ3v) is 6.33. The second-order valence-corrected chi connectivity index (χ2v) is 9.04. The molecule has 9 nitrogen and oxygen atoms in total. The van der Waals surface area contributed by atoms with Crippen molar-refractivity contribution in [3.63, 3.8) is 0 Å². The zero-order chi connectivity index (χ0) is 20.2. The summed E-state index contributed by atoms with van der Waals surface area (Å²) in [5, 5.41) is 16.0. The van der Waals surface area contributed by atoms with Crippen molar-refractivity contribution in [3.05, 3.63) is 34.8 Å².